The molecule has 0 saturated carbocycles. The van der Waals surface area contributed by atoms with Crippen molar-refractivity contribution in [2.75, 3.05) is 23.7 Å². The van der Waals surface area contributed by atoms with Gasteiger partial charge in [-0.05, 0) is 48.4 Å². The molecule has 0 aliphatic carbocycles. The van der Waals surface area contributed by atoms with Crippen LogP contribution in [0.3, 0.4) is 0 Å². The predicted molar refractivity (Wildman–Crippen MR) is 158 cm³/mol. The predicted octanol–water partition coefficient (Wildman–Crippen LogP) is 5.84. The van der Waals surface area contributed by atoms with Crippen molar-refractivity contribution in [3.05, 3.63) is 97.9 Å². The summed E-state index contributed by atoms with van der Waals surface area (Å²) in [7, 11) is -3.97. The molecule has 3 aromatic carbocycles. The maximum Gasteiger partial charge on any atom is 0.244 e. The Morgan fingerprint density at radius 1 is 0.897 bits per heavy atom. The molecule has 12 heteroatoms. The zero-order chi connectivity index (χ0) is 28.7. The summed E-state index contributed by atoms with van der Waals surface area (Å²) in [6, 6.07) is 17.3. The quantitative estimate of drug-likeness (QED) is 0.288. The first-order valence-electron chi connectivity index (χ1n) is 11.9. The number of likely N-dealkylation sites (N-methyl/N-ethyl adjacent to an activating group) is 1. The number of halogens is 4. The molecule has 208 valence electrons. The molecular formula is C27H27Cl4N3O4S. The molecule has 0 aliphatic heterocycles. The summed E-state index contributed by atoms with van der Waals surface area (Å²) >= 11 is 24.8. The van der Waals surface area contributed by atoms with E-state index >= 15 is 0 Å². The Hall–Kier alpha value is -2.49. The van der Waals surface area contributed by atoms with Crippen molar-refractivity contribution in [1.29, 1.82) is 0 Å². The topological polar surface area (TPSA) is 86.8 Å². The van der Waals surface area contributed by atoms with Crippen LogP contribution >= 0.6 is 46.4 Å². The van der Waals surface area contributed by atoms with E-state index < -0.39 is 34.4 Å². The van der Waals surface area contributed by atoms with Gasteiger partial charge < -0.3 is 10.2 Å². The van der Waals surface area contributed by atoms with Gasteiger partial charge in [0, 0.05) is 34.6 Å². The van der Waals surface area contributed by atoms with E-state index in [1.54, 1.807) is 19.1 Å². The second-order valence-electron chi connectivity index (χ2n) is 8.72. The number of nitrogens with one attached hydrogen (secondary N) is 1. The smallest absolute Gasteiger partial charge is 0.244 e. The number of sulfonamides is 1. The number of carbonyl (C=O) groups is 2. The van der Waals surface area contributed by atoms with Crippen LogP contribution in [-0.2, 0) is 32.6 Å². The van der Waals surface area contributed by atoms with Gasteiger partial charge in [-0.3, -0.25) is 13.9 Å². The number of rotatable bonds is 11. The summed E-state index contributed by atoms with van der Waals surface area (Å²) in [6.45, 7) is 1.42. The molecule has 0 bridgehead atoms. The van der Waals surface area contributed by atoms with Gasteiger partial charge in [-0.2, -0.15) is 0 Å². The zero-order valence-corrected chi connectivity index (χ0v) is 25.0. The number of hydrogen-bond acceptors (Lipinski definition) is 4. The fraction of sp³-hybridized carbons (Fsp3) is 0.259. The second-order valence-corrected chi connectivity index (χ2v) is 12.3. The SMILES string of the molecule is CCNC(=O)[C@H](Cc1ccccc1)N(Cc1ccc(Cl)cc1Cl)C(=O)CN(c1ccc(Cl)cc1Cl)S(C)(=O)=O. The maximum absolute atomic E-state index is 14.0. The van der Waals surface area contributed by atoms with E-state index in [4.69, 9.17) is 46.4 Å². The number of benzene rings is 3. The van der Waals surface area contributed by atoms with Gasteiger partial charge in [0.1, 0.15) is 12.6 Å². The average molecular weight is 631 g/mol. The maximum atomic E-state index is 14.0. The van der Waals surface area contributed by atoms with Crippen LogP contribution in [0.25, 0.3) is 0 Å². The Bertz CT molecular complexity index is 1440. The molecule has 0 saturated heterocycles. The molecule has 0 unspecified atom stereocenters. The van der Waals surface area contributed by atoms with Gasteiger partial charge in [-0.25, -0.2) is 8.42 Å². The molecule has 3 rings (SSSR count). The van der Waals surface area contributed by atoms with Gasteiger partial charge in [0.2, 0.25) is 21.8 Å². The molecule has 1 atom stereocenters. The van der Waals surface area contributed by atoms with E-state index in [0.717, 1.165) is 16.1 Å². The van der Waals surface area contributed by atoms with Crippen LogP contribution in [0.5, 0.6) is 0 Å². The molecular weight excluding hydrogens is 604 g/mol. The van der Waals surface area contributed by atoms with Crippen molar-refractivity contribution in [2.45, 2.75) is 25.9 Å². The van der Waals surface area contributed by atoms with Crippen molar-refractivity contribution in [2.24, 2.45) is 0 Å². The van der Waals surface area contributed by atoms with Crippen LogP contribution in [0.1, 0.15) is 18.1 Å². The number of nitrogens with zero attached hydrogens (tertiary/aromatic N) is 2. The largest absolute Gasteiger partial charge is 0.355 e. The minimum absolute atomic E-state index is 0.0533. The summed E-state index contributed by atoms with van der Waals surface area (Å²) in [6.07, 6.45) is 1.15. The van der Waals surface area contributed by atoms with Crippen LogP contribution in [0.2, 0.25) is 20.1 Å². The molecule has 0 heterocycles. The monoisotopic (exact) mass is 629 g/mol. The molecule has 0 radical (unpaired) electrons. The standard InChI is InChI=1S/C27H27Cl4N3O4S/c1-3-32-27(36)25(13-18-7-5-4-6-8-18)33(16-19-9-10-20(28)14-22(19)30)26(35)17-34(39(2,37)38)24-12-11-21(29)15-23(24)31/h4-12,14-15,25H,3,13,16-17H2,1-2H3,(H,32,36)/t25-/m0/s1. The molecule has 7 nitrogen and oxygen atoms in total. The summed E-state index contributed by atoms with van der Waals surface area (Å²) in [5.74, 6) is -1.03. The zero-order valence-electron chi connectivity index (χ0n) is 21.2. The van der Waals surface area contributed by atoms with Gasteiger partial charge in [0.25, 0.3) is 0 Å². The highest BCUT2D eigenvalue weighted by Crippen LogP contribution is 2.31. The molecule has 0 aliphatic rings. The lowest BCUT2D eigenvalue weighted by atomic mass is 10.0. The lowest BCUT2D eigenvalue weighted by Gasteiger charge is -2.33. The van der Waals surface area contributed by atoms with E-state index in [9.17, 15) is 18.0 Å². The fourth-order valence-electron chi connectivity index (χ4n) is 3.96. The van der Waals surface area contributed by atoms with E-state index in [1.165, 1.54) is 29.2 Å². The molecule has 39 heavy (non-hydrogen) atoms. The Morgan fingerprint density at radius 2 is 1.51 bits per heavy atom. The van der Waals surface area contributed by atoms with Crippen LogP contribution in [0, 0.1) is 0 Å². The van der Waals surface area contributed by atoms with Crippen LogP contribution < -0.4 is 9.62 Å². The first-order valence-corrected chi connectivity index (χ1v) is 15.2. The lowest BCUT2D eigenvalue weighted by Crippen LogP contribution is -2.53. The Labute approximate surface area is 248 Å². The van der Waals surface area contributed by atoms with Crippen molar-refractivity contribution in [1.82, 2.24) is 10.2 Å². The van der Waals surface area contributed by atoms with Gasteiger partial charge >= 0.3 is 0 Å². The summed E-state index contributed by atoms with van der Waals surface area (Å²) in [5.41, 5.74) is 1.43. The number of hydrogen-bond donors (Lipinski definition) is 1. The minimum atomic E-state index is -3.97. The lowest BCUT2D eigenvalue weighted by molar-refractivity contribution is -0.140. The minimum Gasteiger partial charge on any atom is -0.355 e. The third-order valence-corrected chi connectivity index (χ3v) is 8.09. The van der Waals surface area contributed by atoms with Gasteiger partial charge in [0.15, 0.2) is 0 Å². The van der Waals surface area contributed by atoms with E-state index in [-0.39, 0.29) is 23.7 Å². The third kappa shape index (κ3) is 8.50. The third-order valence-electron chi connectivity index (χ3n) is 5.84. The Morgan fingerprint density at radius 3 is 2.08 bits per heavy atom. The summed E-state index contributed by atoms with van der Waals surface area (Å²) in [5, 5.41) is 3.86. The summed E-state index contributed by atoms with van der Waals surface area (Å²) in [4.78, 5) is 28.6. The Kier molecular flexibility index (Phi) is 10.9. The van der Waals surface area contributed by atoms with E-state index in [1.807, 2.05) is 30.3 Å². The highest BCUT2D eigenvalue weighted by molar-refractivity contribution is 7.92. The van der Waals surface area contributed by atoms with Gasteiger partial charge in [-0.1, -0.05) is 82.8 Å². The molecule has 0 fully saturated rings. The van der Waals surface area contributed by atoms with Crippen molar-refractivity contribution in [3.63, 3.8) is 0 Å². The molecule has 0 spiro atoms. The van der Waals surface area contributed by atoms with Crippen molar-refractivity contribution < 1.29 is 18.0 Å². The number of amides is 2. The van der Waals surface area contributed by atoms with Crippen LogP contribution in [0.15, 0.2) is 66.7 Å². The van der Waals surface area contributed by atoms with Crippen LogP contribution in [-0.4, -0.2) is 50.5 Å². The highest BCUT2D eigenvalue weighted by atomic mass is 35.5. The Balaban J connectivity index is 2.08. The van der Waals surface area contributed by atoms with E-state index in [0.29, 0.717) is 27.2 Å². The van der Waals surface area contributed by atoms with Gasteiger partial charge in [-0.15, -0.1) is 0 Å². The molecule has 3 aromatic rings. The fourth-order valence-corrected chi connectivity index (χ4v) is 5.85. The first kappa shape index (κ1) is 31.0. The number of carbonyl (C=O) groups excluding carboxylic acids is 2. The number of anilines is 1. The molecule has 0 aromatic heterocycles. The molecule has 1 N–H and O–H groups in total. The normalized spacial score (nSPS) is 12.1. The summed E-state index contributed by atoms with van der Waals surface area (Å²) < 4.78 is 26.5. The highest BCUT2D eigenvalue weighted by Gasteiger charge is 2.33. The van der Waals surface area contributed by atoms with Crippen LogP contribution in [0.4, 0.5) is 5.69 Å². The van der Waals surface area contributed by atoms with E-state index in [2.05, 4.69) is 5.32 Å². The van der Waals surface area contributed by atoms with Crippen molar-refractivity contribution >= 4 is 73.9 Å². The first-order chi connectivity index (χ1) is 18.4. The molecule has 2 amide bonds. The van der Waals surface area contributed by atoms with Crippen molar-refractivity contribution in [3.8, 4) is 0 Å². The van der Waals surface area contributed by atoms with Gasteiger partial charge in [0.05, 0.1) is 17.0 Å². The average Bonchev–Trinajstić information content (AvgIpc) is 2.86. The second kappa shape index (κ2) is 13.7.